The lowest BCUT2D eigenvalue weighted by Crippen LogP contribution is -2.46. The second-order valence-corrected chi connectivity index (χ2v) is 53.0. The smallest absolute Gasteiger partial charge is 0.325 e. The molecule has 3 aromatic carbocycles. The van der Waals surface area contributed by atoms with E-state index in [1.807, 2.05) is 119 Å². The van der Waals surface area contributed by atoms with Crippen LogP contribution in [0.15, 0.2) is 91.0 Å². The van der Waals surface area contributed by atoms with Gasteiger partial charge in [0.05, 0.1) is 123 Å². The Bertz CT molecular complexity index is 4100. The zero-order valence-electron chi connectivity index (χ0n) is 86.4. The summed E-state index contributed by atoms with van der Waals surface area (Å²) in [6.07, 6.45) is 6.61. The molecular formula is C86H166Cl3N9O36P8. The lowest BCUT2D eigenvalue weighted by molar-refractivity contribution is -0.148. The zero-order chi connectivity index (χ0) is 112. The molecule has 0 radical (unpaired) electrons. The van der Waals surface area contributed by atoms with E-state index >= 15 is 0 Å². The highest BCUT2D eigenvalue weighted by Crippen LogP contribution is 2.52. The predicted octanol–water partition coefficient (Wildman–Crippen LogP) is 12.8. The number of benzene rings is 3. The number of ether oxygens (including phenoxy) is 9. The number of carbonyl (C=O) groups is 9. The van der Waals surface area contributed by atoms with Crippen molar-refractivity contribution in [3.8, 4) is 0 Å². The van der Waals surface area contributed by atoms with Gasteiger partial charge in [-0.05, 0) is 125 Å². The first-order chi connectivity index (χ1) is 65.6. The topological polar surface area (TPSA) is 693 Å². The van der Waals surface area contributed by atoms with Gasteiger partial charge in [0.1, 0.15) is 30.2 Å². The van der Waals surface area contributed by atoms with Gasteiger partial charge in [0.25, 0.3) is 21.8 Å². The molecule has 0 aliphatic heterocycles. The summed E-state index contributed by atoms with van der Waals surface area (Å²) in [7, 11) is -19.5. The lowest BCUT2D eigenvalue weighted by atomic mass is 10.2. The van der Waals surface area contributed by atoms with Crippen LogP contribution in [-0.4, -0.2) is 278 Å². The zero-order valence-corrected chi connectivity index (χ0v) is 95.8. The fourth-order valence-corrected chi connectivity index (χ4v) is 14.1. The molecular weight excluding hydrogens is 2090 g/mol. The number of hydrogen-bond donors (Lipinski definition) is 16. The summed E-state index contributed by atoms with van der Waals surface area (Å²) in [4.78, 5) is 134. The van der Waals surface area contributed by atoms with Gasteiger partial charge < -0.3 is 108 Å². The highest BCUT2D eigenvalue weighted by atomic mass is 35.9. The molecule has 3 rings (SSSR count). The second kappa shape index (κ2) is 89.8. The van der Waals surface area contributed by atoms with E-state index in [4.69, 9.17) is 122 Å². The Morgan fingerprint density at radius 3 is 0.908 bits per heavy atom. The first-order valence-corrected chi connectivity index (χ1v) is 64.9. The Morgan fingerprint density at radius 1 is 0.359 bits per heavy atom. The van der Waals surface area contributed by atoms with E-state index in [-0.39, 0.29) is 94.4 Å². The van der Waals surface area contributed by atoms with E-state index in [0.717, 1.165) is 61.9 Å². The molecule has 0 saturated heterocycles. The van der Waals surface area contributed by atoms with Gasteiger partial charge in [-0.15, -0.1) is 0 Å². The normalized spacial score (nSPS) is 15.1. The number of rotatable bonds is 54. The van der Waals surface area contributed by atoms with Crippen molar-refractivity contribution in [3.63, 3.8) is 0 Å². The highest BCUT2D eigenvalue weighted by Gasteiger charge is 2.33. The summed E-state index contributed by atoms with van der Waals surface area (Å²) >= 11 is 15.1. The molecule has 19 N–H and O–H groups in total. The van der Waals surface area contributed by atoms with Gasteiger partial charge in [0.15, 0.2) is 0 Å². The van der Waals surface area contributed by atoms with Gasteiger partial charge in [0.2, 0.25) is 20.7 Å². The average molecular weight is 2260 g/mol. The lowest BCUT2D eigenvalue weighted by Gasteiger charge is -2.25. The quantitative estimate of drug-likeness (QED) is 0.0108. The Kier molecular flexibility index (Phi) is 96.2. The van der Waals surface area contributed by atoms with Crippen LogP contribution in [0, 0.1) is 23.7 Å². The van der Waals surface area contributed by atoms with Crippen LogP contribution in [-0.2, 0) is 156 Å². The third-order valence-corrected chi connectivity index (χ3v) is 22.7. The molecule has 14 atom stereocenters. The third-order valence-electron chi connectivity index (χ3n) is 15.8. The van der Waals surface area contributed by atoms with E-state index in [2.05, 4.69) is 40.0 Å². The molecule has 0 saturated carbocycles. The van der Waals surface area contributed by atoms with Gasteiger partial charge >= 0.3 is 68.9 Å². The average Bonchev–Trinajstić information content (AvgIpc) is 0.757. The number of hydrogen-bond acceptors (Lipinski definition) is 35. The summed E-state index contributed by atoms with van der Waals surface area (Å²) in [5, 5.41) is 42.7. The molecule has 142 heavy (non-hydrogen) atoms. The summed E-state index contributed by atoms with van der Waals surface area (Å²) < 4.78 is 147. The van der Waals surface area contributed by atoms with Crippen molar-refractivity contribution in [1.82, 2.24) is 30.5 Å². The van der Waals surface area contributed by atoms with E-state index < -0.39 is 137 Å². The van der Waals surface area contributed by atoms with Crippen LogP contribution in [0.25, 0.3) is 0 Å². The predicted molar refractivity (Wildman–Crippen MR) is 554 cm³/mol. The molecule has 3 aromatic rings. The minimum atomic E-state index is -3.64. The number of carbonyl (C=O) groups excluding carboxylic acids is 9. The van der Waals surface area contributed by atoms with Gasteiger partial charge in [-0.3, -0.25) is 84.8 Å². The number of unbranched alkanes of at least 4 members (excludes halogenated alkanes) is 4. The first kappa shape index (κ1) is 152. The van der Waals surface area contributed by atoms with Crippen LogP contribution in [0.2, 0.25) is 0 Å². The van der Waals surface area contributed by atoms with Crippen molar-refractivity contribution in [2.45, 2.75) is 205 Å². The van der Waals surface area contributed by atoms with Gasteiger partial charge in [-0.25, -0.2) is 25.4 Å². The monoisotopic (exact) mass is 2250 g/mol. The largest absolute Gasteiger partial charge is 0.466 e. The molecule has 0 aromatic heterocycles. The summed E-state index contributed by atoms with van der Waals surface area (Å²) in [6, 6.07) is 23.8. The van der Waals surface area contributed by atoms with Crippen LogP contribution in [0.1, 0.15) is 172 Å². The molecule has 56 heteroatoms. The standard InChI is InChI=1S/C15H31N2O7P.C14H29N2O5P.C14H22NO4P.C8H10ClO2P.C8H11O3P.C7H16NO4P.C7H15NO3.C6H13NO2.C5H11NO2.CH3Cl2OP.CH5O3P/c1-4-6-8-23-14(20)12(10-18)16-25(3,22)17-13(11-19)15(21)24-9-7-5-2;1-6-8-9-21-14(18)12(4)16-22(5,19)15-10-11(3)13(17)20-7-2;1-4-18-14(16)12(2)10-15-20(3,17)19-11-13-8-6-5-7-9-13;2*1-12(9,10)11-7-8-5-3-2-4-6-8;1-4-12-7(9)6(2)5-8-13(3,10)11;1-2-3-4-11-7(10)6(8)5-9;1-3-9-6(8)5(2)4-7;1-3-8-5(7)4(2)6;2*1-5(2,3)4/h12-13,18-19H,4-11H2,1-3H3,(H2,16,17,22);11-12H,6-10H2,1-5H3,(H2,15,16,19);5-9,12H,4,10-11H2,1-3H3,(H,15,17);2-6H,7H2,1H3;2-6H,7H2,1H3,(H,9,10);6H,4-5H2,1-3H3,(H2,8,10,11);6,9H,2-5,8H2,1H3;5H,3-4,7H2,1-2H3;4H,3,6H2,1-2H3;1H3;1H3,(H2,2,3,4). The molecule has 14 unspecified atom stereocenters. The van der Waals surface area contributed by atoms with Crippen molar-refractivity contribution in [3.05, 3.63) is 108 Å². The number of nitrogens with one attached hydrogen (secondary N) is 6. The van der Waals surface area contributed by atoms with Crippen LogP contribution in [0.5, 0.6) is 0 Å². The maximum atomic E-state index is 12.6. The molecule has 0 amide bonds. The minimum absolute atomic E-state index is 0.156. The summed E-state index contributed by atoms with van der Waals surface area (Å²) in [6.45, 7) is 37.0. The van der Waals surface area contributed by atoms with Gasteiger partial charge in [0, 0.05) is 79.5 Å². The third kappa shape index (κ3) is 109. The molecule has 0 fully saturated rings. The van der Waals surface area contributed by atoms with Crippen molar-refractivity contribution in [1.29, 1.82) is 0 Å². The van der Waals surface area contributed by atoms with Crippen molar-refractivity contribution < 1.29 is 171 Å². The Balaban J connectivity index is -0.000000239. The van der Waals surface area contributed by atoms with Crippen LogP contribution in [0.4, 0.5) is 0 Å². The molecule has 45 nitrogen and oxygen atoms in total. The van der Waals surface area contributed by atoms with E-state index in [1.165, 1.54) is 46.7 Å². The van der Waals surface area contributed by atoms with E-state index in [9.17, 15) is 89.9 Å². The number of aliphatic hydroxyl groups excluding tert-OH is 3. The maximum Gasteiger partial charge on any atom is 0.325 e. The van der Waals surface area contributed by atoms with Crippen LogP contribution in [0.3, 0.4) is 0 Å². The Hall–Kier alpha value is -5.16. The second-order valence-electron chi connectivity index (χ2n) is 30.9. The number of nitrogens with two attached hydrogens (primary N) is 3. The van der Waals surface area contributed by atoms with E-state index in [1.54, 1.807) is 76.2 Å². The maximum absolute atomic E-state index is 12.6. The molecule has 0 bridgehead atoms. The molecule has 0 heterocycles. The fourth-order valence-electron chi connectivity index (χ4n) is 8.24. The van der Waals surface area contributed by atoms with Crippen molar-refractivity contribution in [2.75, 3.05) is 159 Å². The first-order valence-electron chi connectivity index (χ1n) is 45.4. The number of esters is 9. The number of halogens is 3. The Morgan fingerprint density at radius 2 is 0.641 bits per heavy atom. The molecule has 0 spiro atoms. The SMILES string of the molecule is CCCCOC(=O)C(C)NP(C)(=O)NCC(C)C(=O)OCC.CCCCOC(=O)C(CO)NP(C)(=O)NC(CO)C(=O)OCCCC.CCCCOC(=O)C(N)CO.CCOC(=O)C(C)CN.CCOC(=O)C(C)CNP(C)(=O)O.CCOC(=O)C(C)CNP(C)(=O)OCc1ccccc1.CCOC(=O)C(C)N.CP(=O)(Cl)Cl.CP(=O)(Cl)OCc1ccccc1.CP(=O)(O)O.CP(=O)(O)OCc1ccccc1. The van der Waals surface area contributed by atoms with Crippen LogP contribution >= 0.6 is 91.4 Å². The number of aliphatic hydroxyl groups is 3. The van der Waals surface area contributed by atoms with Gasteiger partial charge in [-0.2, -0.15) is 0 Å². The summed E-state index contributed by atoms with van der Waals surface area (Å²) in [5.74, 6) is -8.01. The fraction of sp³-hybridized carbons (Fsp3) is 0.686. The van der Waals surface area contributed by atoms with E-state index in [0.29, 0.717) is 72.2 Å². The minimum Gasteiger partial charge on any atom is -0.466 e. The highest BCUT2D eigenvalue weighted by molar-refractivity contribution is 8.08. The van der Waals surface area contributed by atoms with Crippen molar-refractivity contribution in [2.24, 2.45) is 40.9 Å². The van der Waals surface area contributed by atoms with Crippen molar-refractivity contribution >= 4 is 145 Å². The van der Waals surface area contributed by atoms with Crippen LogP contribution < -0.4 is 47.7 Å². The Labute approximate surface area is 854 Å². The molecule has 0 aliphatic carbocycles. The van der Waals surface area contributed by atoms with Gasteiger partial charge in [-0.1, -0.05) is 172 Å². The molecule has 0 aliphatic rings. The molecule has 832 valence electrons. The summed E-state index contributed by atoms with van der Waals surface area (Å²) in [5.41, 5.74) is 18.3.